The average molecular weight is 319 g/mol. The van der Waals surface area contributed by atoms with Crippen LogP contribution in [0.2, 0.25) is 0 Å². The Morgan fingerprint density at radius 2 is 1.96 bits per heavy atom. The number of rotatable bonds is 2. The van der Waals surface area contributed by atoms with Gasteiger partial charge >= 0.3 is 0 Å². The molecule has 1 atom stereocenters. The quantitative estimate of drug-likeness (QED) is 0.854. The van der Waals surface area contributed by atoms with E-state index in [-0.39, 0.29) is 11.9 Å². The number of carbonyl (C=O) groups excluding carboxylic acids is 1. The van der Waals surface area contributed by atoms with Crippen LogP contribution in [0.25, 0.3) is 0 Å². The van der Waals surface area contributed by atoms with Gasteiger partial charge in [0.05, 0.1) is 11.6 Å². The Bertz CT molecular complexity index is 793. The highest BCUT2D eigenvalue weighted by atomic mass is 16.2. The van der Waals surface area contributed by atoms with Gasteiger partial charge < -0.3 is 9.80 Å². The first-order valence-corrected chi connectivity index (χ1v) is 8.21. The first-order valence-electron chi connectivity index (χ1n) is 8.21. The number of aryl methyl sites for hydroxylation is 1. The van der Waals surface area contributed by atoms with Crippen LogP contribution in [0.4, 0.5) is 5.69 Å². The molecule has 0 aromatic heterocycles. The SMILES string of the molecule is Cc1cccc(N2CCN(C(=O)c3cccc(C#N)c3)C[C@@H]2C)c1. The molecule has 1 saturated heterocycles. The maximum atomic E-state index is 12.7. The fourth-order valence-corrected chi connectivity index (χ4v) is 3.24. The van der Waals surface area contributed by atoms with Gasteiger partial charge in [0.25, 0.3) is 5.91 Å². The average Bonchev–Trinajstić information content (AvgIpc) is 2.61. The predicted octanol–water partition coefficient (Wildman–Crippen LogP) is 3.22. The molecule has 1 fully saturated rings. The zero-order valence-electron chi connectivity index (χ0n) is 14.1. The monoisotopic (exact) mass is 319 g/mol. The molecule has 24 heavy (non-hydrogen) atoms. The Morgan fingerprint density at radius 3 is 2.67 bits per heavy atom. The molecule has 3 rings (SSSR count). The van der Waals surface area contributed by atoms with Gasteiger partial charge in [0.1, 0.15) is 0 Å². The van der Waals surface area contributed by atoms with Gasteiger partial charge in [-0.1, -0.05) is 18.2 Å². The summed E-state index contributed by atoms with van der Waals surface area (Å²) in [5.74, 6) is 0.00263. The van der Waals surface area contributed by atoms with E-state index in [1.165, 1.54) is 11.3 Å². The molecule has 4 heteroatoms. The maximum Gasteiger partial charge on any atom is 0.254 e. The molecule has 0 radical (unpaired) electrons. The summed E-state index contributed by atoms with van der Waals surface area (Å²) in [4.78, 5) is 16.9. The Kier molecular flexibility index (Phi) is 4.52. The molecule has 1 aliphatic rings. The minimum Gasteiger partial charge on any atom is -0.365 e. The molecule has 0 spiro atoms. The number of hydrogen-bond acceptors (Lipinski definition) is 3. The van der Waals surface area contributed by atoms with Crippen molar-refractivity contribution >= 4 is 11.6 Å². The Balaban J connectivity index is 1.73. The van der Waals surface area contributed by atoms with E-state index >= 15 is 0 Å². The van der Waals surface area contributed by atoms with Crippen LogP contribution in [0.5, 0.6) is 0 Å². The van der Waals surface area contributed by atoms with E-state index in [0.29, 0.717) is 24.2 Å². The molecule has 1 aliphatic heterocycles. The lowest BCUT2D eigenvalue weighted by molar-refractivity contribution is 0.0726. The van der Waals surface area contributed by atoms with Crippen molar-refractivity contribution in [3.05, 3.63) is 65.2 Å². The van der Waals surface area contributed by atoms with E-state index in [0.717, 1.165) is 6.54 Å². The van der Waals surface area contributed by atoms with Gasteiger partial charge in [-0.05, 0) is 49.7 Å². The number of nitrogens with zero attached hydrogens (tertiary/aromatic N) is 3. The highest BCUT2D eigenvalue weighted by Gasteiger charge is 2.27. The molecule has 0 N–H and O–H groups in total. The van der Waals surface area contributed by atoms with Crippen molar-refractivity contribution in [2.24, 2.45) is 0 Å². The summed E-state index contributed by atoms with van der Waals surface area (Å²) in [6.45, 7) is 6.43. The molecular weight excluding hydrogens is 298 g/mol. The van der Waals surface area contributed by atoms with E-state index in [9.17, 15) is 4.79 Å². The van der Waals surface area contributed by atoms with Gasteiger partial charge in [0.15, 0.2) is 0 Å². The van der Waals surface area contributed by atoms with Crippen LogP contribution < -0.4 is 4.90 Å². The summed E-state index contributed by atoms with van der Waals surface area (Å²) in [6.07, 6.45) is 0. The van der Waals surface area contributed by atoms with Crippen LogP contribution in [0.1, 0.15) is 28.4 Å². The second-order valence-electron chi connectivity index (χ2n) is 6.33. The van der Waals surface area contributed by atoms with Crippen LogP contribution in [0, 0.1) is 18.3 Å². The van der Waals surface area contributed by atoms with Gasteiger partial charge in [-0.3, -0.25) is 4.79 Å². The predicted molar refractivity (Wildman–Crippen MR) is 95.0 cm³/mol. The molecular formula is C20H21N3O. The van der Waals surface area contributed by atoms with Crippen molar-refractivity contribution < 1.29 is 4.79 Å². The standard InChI is InChI=1S/C20H21N3O/c1-15-5-3-8-19(11-15)23-10-9-22(14-16(23)2)20(24)18-7-4-6-17(12-18)13-21/h3-8,11-12,16H,9-10,14H2,1-2H3/t16-/m0/s1. The highest BCUT2D eigenvalue weighted by molar-refractivity contribution is 5.94. The van der Waals surface area contributed by atoms with Gasteiger partial charge in [-0.15, -0.1) is 0 Å². The Hall–Kier alpha value is -2.80. The zero-order valence-corrected chi connectivity index (χ0v) is 14.1. The summed E-state index contributed by atoms with van der Waals surface area (Å²) in [7, 11) is 0. The molecule has 122 valence electrons. The summed E-state index contributed by atoms with van der Waals surface area (Å²) in [6, 6.07) is 17.7. The van der Waals surface area contributed by atoms with E-state index in [1.807, 2.05) is 4.90 Å². The first kappa shape index (κ1) is 16.1. The lowest BCUT2D eigenvalue weighted by atomic mass is 10.1. The number of amides is 1. The highest BCUT2D eigenvalue weighted by Crippen LogP contribution is 2.22. The summed E-state index contributed by atoms with van der Waals surface area (Å²) in [5.41, 5.74) is 3.56. The van der Waals surface area contributed by atoms with Gasteiger partial charge in [0.2, 0.25) is 0 Å². The van der Waals surface area contributed by atoms with Crippen molar-refractivity contribution in [1.29, 1.82) is 5.26 Å². The third kappa shape index (κ3) is 3.26. The summed E-state index contributed by atoms with van der Waals surface area (Å²) in [5, 5.41) is 9.00. The third-order valence-corrected chi connectivity index (χ3v) is 4.49. The second-order valence-corrected chi connectivity index (χ2v) is 6.33. The zero-order chi connectivity index (χ0) is 17.1. The number of carbonyl (C=O) groups is 1. The van der Waals surface area contributed by atoms with E-state index in [4.69, 9.17) is 5.26 Å². The van der Waals surface area contributed by atoms with Crippen LogP contribution in [0.15, 0.2) is 48.5 Å². The third-order valence-electron chi connectivity index (χ3n) is 4.49. The summed E-state index contributed by atoms with van der Waals surface area (Å²) < 4.78 is 0. The maximum absolute atomic E-state index is 12.7. The van der Waals surface area contributed by atoms with Crippen molar-refractivity contribution in [2.75, 3.05) is 24.5 Å². The van der Waals surface area contributed by atoms with Gasteiger partial charge in [0, 0.05) is 36.9 Å². The van der Waals surface area contributed by atoms with Crippen molar-refractivity contribution in [3.63, 3.8) is 0 Å². The molecule has 4 nitrogen and oxygen atoms in total. The van der Waals surface area contributed by atoms with E-state index in [1.54, 1.807) is 24.3 Å². The fraction of sp³-hybridized carbons (Fsp3) is 0.300. The van der Waals surface area contributed by atoms with Gasteiger partial charge in [-0.25, -0.2) is 0 Å². The number of hydrogen-bond donors (Lipinski definition) is 0. The van der Waals surface area contributed by atoms with Crippen LogP contribution in [-0.4, -0.2) is 36.5 Å². The van der Waals surface area contributed by atoms with Crippen molar-refractivity contribution in [2.45, 2.75) is 19.9 Å². The molecule has 0 unspecified atom stereocenters. The van der Waals surface area contributed by atoms with Gasteiger partial charge in [-0.2, -0.15) is 5.26 Å². The molecule has 1 amide bonds. The minimum atomic E-state index is 0.00263. The summed E-state index contributed by atoms with van der Waals surface area (Å²) >= 11 is 0. The fourth-order valence-electron chi connectivity index (χ4n) is 3.24. The van der Waals surface area contributed by atoms with E-state index in [2.05, 4.69) is 49.1 Å². The molecule has 0 saturated carbocycles. The minimum absolute atomic E-state index is 0.00263. The Labute approximate surface area is 142 Å². The van der Waals surface area contributed by atoms with E-state index < -0.39 is 0 Å². The van der Waals surface area contributed by atoms with Crippen LogP contribution >= 0.6 is 0 Å². The lowest BCUT2D eigenvalue weighted by Crippen LogP contribution is -2.53. The molecule has 2 aromatic rings. The lowest BCUT2D eigenvalue weighted by Gasteiger charge is -2.41. The normalized spacial score (nSPS) is 17.5. The van der Waals surface area contributed by atoms with Crippen LogP contribution in [0.3, 0.4) is 0 Å². The second kappa shape index (κ2) is 6.76. The van der Waals surface area contributed by atoms with Crippen molar-refractivity contribution in [1.82, 2.24) is 4.90 Å². The number of benzene rings is 2. The topological polar surface area (TPSA) is 47.3 Å². The largest absolute Gasteiger partial charge is 0.365 e. The molecule has 0 aliphatic carbocycles. The first-order chi connectivity index (χ1) is 11.6. The Morgan fingerprint density at radius 1 is 1.17 bits per heavy atom. The molecule has 1 heterocycles. The number of nitriles is 1. The number of piperazine rings is 1. The van der Waals surface area contributed by atoms with Crippen molar-refractivity contribution in [3.8, 4) is 6.07 Å². The smallest absolute Gasteiger partial charge is 0.254 e. The molecule has 0 bridgehead atoms. The van der Waals surface area contributed by atoms with Crippen LogP contribution in [-0.2, 0) is 0 Å². The molecule has 2 aromatic carbocycles. The number of anilines is 1.